The topological polar surface area (TPSA) is 84.3 Å². The van der Waals surface area contributed by atoms with Gasteiger partial charge in [0, 0.05) is 17.9 Å². The maximum Gasteiger partial charge on any atom is 0.131 e. The molecule has 4 heteroatoms. The van der Waals surface area contributed by atoms with Gasteiger partial charge in [-0.3, -0.25) is 5.32 Å². The molecule has 0 aliphatic heterocycles. The Morgan fingerprint density at radius 1 is 1.00 bits per heavy atom. The van der Waals surface area contributed by atoms with Gasteiger partial charge in [-0.25, -0.2) is 0 Å². The third-order valence-corrected chi connectivity index (χ3v) is 2.66. The molecule has 1 unspecified atom stereocenters. The van der Waals surface area contributed by atoms with Crippen molar-refractivity contribution in [2.45, 2.75) is 12.8 Å². The number of anilines is 2. The third kappa shape index (κ3) is 3.23. The fourth-order valence-corrected chi connectivity index (χ4v) is 1.79. The standard InChI is InChI=1S/C14H17N3O/c15-12-6-11(7-13(16)8-12)14(18)17-9-10-4-2-1-3-5-10/h1-8,14,17-18H,9,15-16H2. The number of aliphatic hydroxyl groups is 1. The molecule has 4 nitrogen and oxygen atoms in total. The number of aliphatic hydroxyl groups excluding tert-OH is 1. The van der Waals surface area contributed by atoms with E-state index in [9.17, 15) is 5.11 Å². The van der Waals surface area contributed by atoms with E-state index in [2.05, 4.69) is 5.32 Å². The molecule has 94 valence electrons. The predicted octanol–water partition coefficient (Wildman–Crippen LogP) is 1.63. The first-order chi connectivity index (χ1) is 8.65. The van der Waals surface area contributed by atoms with Crippen molar-refractivity contribution in [1.29, 1.82) is 0 Å². The van der Waals surface area contributed by atoms with E-state index in [0.29, 0.717) is 23.5 Å². The number of nitrogens with one attached hydrogen (secondary N) is 1. The fourth-order valence-electron chi connectivity index (χ4n) is 1.79. The van der Waals surface area contributed by atoms with Gasteiger partial charge in [-0.05, 0) is 29.3 Å². The first kappa shape index (κ1) is 12.4. The second-order valence-electron chi connectivity index (χ2n) is 4.20. The summed E-state index contributed by atoms with van der Waals surface area (Å²) < 4.78 is 0. The van der Waals surface area contributed by atoms with Crippen LogP contribution in [-0.2, 0) is 6.54 Å². The molecule has 1 atom stereocenters. The maximum absolute atomic E-state index is 10.0. The number of hydrogen-bond donors (Lipinski definition) is 4. The van der Waals surface area contributed by atoms with E-state index < -0.39 is 6.23 Å². The molecule has 6 N–H and O–H groups in total. The zero-order valence-electron chi connectivity index (χ0n) is 10.0. The van der Waals surface area contributed by atoms with Gasteiger partial charge in [-0.1, -0.05) is 30.3 Å². The van der Waals surface area contributed by atoms with Gasteiger partial charge in [-0.15, -0.1) is 0 Å². The van der Waals surface area contributed by atoms with Crippen LogP contribution in [0.3, 0.4) is 0 Å². The second kappa shape index (κ2) is 5.53. The van der Waals surface area contributed by atoms with Crippen LogP contribution in [0.4, 0.5) is 11.4 Å². The van der Waals surface area contributed by atoms with Crippen LogP contribution in [0.5, 0.6) is 0 Å². The summed E-state index contributed by atoms with van der Waals surface area (Å²) in [6.07, 6.45) is -0.781. The highest BCUT2D eigenvalue weighted by atomic mass is 16.3. The Bertz CT molecular complexity index is 493. The van der Waals surface area contributed by atoms with Crippen molar-refractivity contribution >= 4 is 11.4 Å². The summed E-state index contributed by atoms with van der Waals surface area (Å²) in [7, 11) is 0. The van der Waals surface area contributed by atoms with Gasteiger partial charge >= 0.3 is 0 Å². The lowest BCUT2D eigenvalue weighted by molar-refractivity contribution is 0.137. The average molecular weight is 243 g/mol. The molecule has 0 amide bonds. The molecule has 0 aromatic heterocycles. The Morgan fingerprint density at radius 3 is 2.22 bits per heavy atom. The minimum Gasteiger partial charge on any atom is -0.399 e. The first-order valence-electron chi connectivity index (χ1n) is 5.76. The van der Waals surface area contributed by atoms with Crippen LogP contribution < -0.4 is 16.8 Å². The Labute approximate surface area is 106 Å². The number of hydrogen-bond acceptors (Lipinski definition) is 4. The van der Waals surface area contributed by atoms with E-state index in [1.54, 1.807) is 18.2 Å². The lowest BCUT2D eigenvalue weighted by atomic mass is 10.1. The molecule has 0 aliphatic carbocycles. The molecule has 0 heterocycles. The van der Waals surface area contributed by atoms with Gasteiger partial charge in [0.1, 0.15) is 6.23 Å². The number of nitrogens with two attached hydrogens (primary N) is 2. The molecule has 0 saturated carbocycles. The summed E-state index contributed by atoms with van der Waals surface area (Å²) in [6.45, 7) is 0.580. The van der Waals surface area contributed by atoms with Crippen LogP contribution in [0.15, 0.2) is 48.5 Å². The van der Waals surface area contributed by atoms with E-state index >= 15 is 0 Å². The molecule has 2 rings (SSSR count). The van der Waals surface area contributed by atoms with Crippen LogP contribution in [0, 0.1) is 0 Å². The van der Waals surface area contributed by atoms with E-state index in [0.717, 1.165) is 5.56 Å². The largest absolute Gasteiger partial charge is 0.399 e. The highest BCUT2D eigenvalue weighted by molar-refractivity contribution is 5.54. The molecule has 18 heavy (non-hydrogen) atoms. The average Bonchev–Trinajstić information content (AvgIpc) is 2.36. The van der Waals surface area contributed by atoms with Crippen molar-refractivity contribution in [3.8, 4) is 0 Å². The minimum absolute atomic E-state index is 0.547. The SMILES string of the molecule is Nc1cc(N)cc(C(O)NCc2ccccc2)c1. The van der Waals surface area contributed by atoms with Crippen molar-refractivity contribution in [3.63, 3.8) is 0 Å². The van der Waals surface area contributed by atoms with Gasteiger partial charge in [0.25, 0.3) is 0 Å². The van der Waals surface area contributed by atoms with Crippen molar-refractivity contribution < 1.29 is 5.11 Å². The van der Waals surface area contributed by atoms with Gasteiger partial charge in [0.05, 0.1) is 0 Å². The molecule has 0 bridgehead atoms. The van der Waals surface area contributed by atoms with Crippen molar-refractivity contribution in [3.05, 3.63) is 59.7 Å². The lowest BCUT2D eigenvalue weighted by Crippen LogP contribution is -2.20. The van der Waals surface area contributed by atoms with E-state index in [-0.39, 0.29) is 0 Å². The van der Waals surface area contributed by atoms with Gasteiger partial charge in [0.15, 0.2) is 0 Å². The monoisotopic (exact) mass is 243 g/mol. The second-order valence-corrected chi connectivity index (χ2v) is 4.20. The molecule has 0 saturated heterocycles. The molecule has 0 spiro atoms. The Morgan fingerprint density at radius 2 is 1.61 bits per heavy atom. The zero-order chi connectivity index (χ0) is 13.0. The van der Waals surface area contributed by atoms with Crippen LogP contribution >= 0.6 is 0 Å². The van der Waals surface area contributed by atoms with Crippen molar-refractivity contribution in [2.75, 3.05) is 11.5 Å². The van der Waals surface area contributed by atoms with Crippen LogP contribution in [0.1, 0.15) is 17.4 Å². The summed E-state index contributed by atoms with van der Waals surface area (Å²) in [4.78, 5) is 0. The molecule has 0 fully saturated rings. The van der Waals surface area contributed by atoms with Crippen LogP contribution in [-0.4, -0.2) is 5.11 Å². The van der Waals surface area contributed by atoms with Crippen LogP contribution in [0.2, 0.25) is 0 Å². The third-order valence-electron chi connectivity index (χ3n) is 2.66. The van der Waals surface area contributed by atoms with Gasteiger partial charge in [0.2, 0.25) is 0 Å². The summed E-state index contributed by atoms with van der Waals surface area (Å²) in [5.41, 5.74) is 14.2. The highest BCUT2D eigenvalue weighted by Crippen LogP contribution is 2.18. The Kier molecular flexibility index (Phi) is 3.82. The number of benzene rings is 2. The number of rotatable bonds is 4. The van der Waals surface area contributed by atoms with Crippen molar-refractivity contribution in [1.82, 2.24) is 5.32 Å². The molecule has 0 radical (unpaired) electrons. The molecular weight excluding hydrogens is 226 g/mol. The number of nitrogen functional groups attached to an aromatic ring is 2. The normalized spacial score (nSPS) is 12.3. The van der Waals surface area contributed by atoms with Crippen LogP contribution in [0.25, 0.3) is 0 Å². The summed E-state index contributed by atoms with van der Waals surface area (Å²) in [5.74, 6) is 0. The highest BCUT2D eigenvalue weighted by Gasteiger charge is 2.08. The fraction of sp³-hybridized carbons (Fsp3) is 0.143. The summed E-state index contributed by atoms with van der Waals surface area (Å²) in [5, 5.41) is 13.0. The Hall–Kier alpha value is -2.04. The molecular formula is C14H17N3O. The first-order valence-corrected chi connectivity index (χ1v) is 5.76. The smallest absolute Gasteiger partial charge is 0.131 e. The molecule has 2 aromatic rings. The zero-order valence-corrected chi connectivity index (χ0v) is 10.0. The Balaban J connectivity index is 2.01. The predicted molar refractivity (Wildman–Crippen MR) is 73.5 cm³/mol. The van der Waals surface area contributed by atoms with Crippen molar-refractivity contribution in [2.24, 2.45) is 0 Å². The molecule has 0 aliphatic rings. The lowest BCUT2D eigenvalue weighted by Gasteiger charge is -2.14. The van der Waals surface area contributed by atoms with Gasteiger partial charge < -0.3 is 16.6 Å². The summed E-state index contributed by atoms with van der Waals surface area (Å²) in [6, 6.07) is 14.9. The maximum atomic E-state index is 10.0. The molecule has 2 aromatic carbocycles. The van der Waals surface area contributed by atoms with E-state index in [1.807, 2.05) is 30.3 Å². The van der Waals surface area contributed by atoms with Gasteiger partial charge in [-0.2, -0.15) is 0 Å². The summed E-state index contributed by atoms with van der Waals surface area (Å²) >= 11 is 0. The van der Waals surface area contributed by atoms with E-state index in [4.69, 9.17) is 11.5 Å². The van der Waals surface area contributed by atoms with E-state index in [1.165, 1.54) is 0 Å². The quantitative estimate of drug-likeness (QED) is 0.486. The minimum atomic E-state index is -0.781.